The van der Waals surface area contributed by atoms with Gasteiger partial charge in [-0.3, -0.25) is 4.79 Å². The Morgan fingerprint density at radius 3 is 2.82 bits per heavy atom. The number of rotatable bonds is 8. The molecule has 33 heavy (non-hydrogen) atoms. The van der Waals surface area contributed by atoms with Crippen molar-refractivity contribution >= 4 is 32.7 Å². The molecular formula is C24H21BrN4O4. The second-order valence-electron chi connectivity index (χ2n) is 7.58. The molecule has 0 aliphatic heterocycles. The number of benzene rings is 2. The predicted octanol–water partition coefficient (Wildman–Crippen LogP) is 4.03. The number of aromatic nitrogens is 3. The number of hydrogen-bond donors (Lipinski definition) is 0. The molecule has 2 aromatic heterocycles. The van der Waals surface area contributed by atoms with Crippen LogP contribution in [0.4, 0.5) is 0 Å². The zero-order valence-corrected chi connectivity index (χ0v) is 19.7. The first-order valence-corrected chi connectivity index (χ1v) is 10.9. The molecule has 0 N–H and O–H groups in total. The zero-order chi connectivity index (χ0) is 23.4. The molecule has 2 heterocycles. The molecule has 4 rings (SSSR count). The van der Waals surface area contributed by atoms with Crippen LogP contribution in [0.1, 0.15) is 21.6 Å². The second kappa shape index (κ2) is 9.83. The van der Waals surface area contributed by atoms with E-state index in [0.29, 0.717) is 29.0 Å². The minimum absolute atomic E-state index is 0.0177. The van der Waals surface area contributed by atoms with Crippen molar-refractivity contribution in [3.63, 3.8) is 0 Å². The molecule has 168 valence electrons. The highest BCUT2D eigenvalue weighted by Gasteiger charge is 2.12. The van der Waals surface area contributed by atoms with Crippen LogP contribution in [0, 0.1) is 0 Å². The highest BCUT2D eigenvalue weighted by Crippen LogP contribution is 2.22. The van der Waals surface area contributed by atoms with Crippen molar-refractivity contribution in [2.45, 2.75) is 13.2 Å². The summed E-state index contributed by atoms with van der Waals surface area (Å²) < 4.78 is 13.9. The first kappa shape index (κ1) is 22.5. The van der Waals surface area contributed by atoms with Crippen molar-refractivity contribution in [3.8, 4) is 5.75 Å². The van der Waals surface area contributed by atoms with Crippen LogP contribution in [0.5, 0.6) is 5.75 Å². The van der Waals surface area contributed by atoms with Crippen LogP contribution in [0.25, 0.3) is 11.0 Å². The molecule has 0 aliphatic rings. The summed E-state index contributed by atoms with van der Waals surface area (Å²) in [4.78, 5) is 26.3. The molecule has 4 aromatic rings. The van der Waals surface area contributed by atoms with E-state index < -0.39 is 11.4 Å². The van der Waals surface area contributed by atoms with Crippen molar-refractivity contribution in [1.29, 1.82) is 0 Å². The van der Waals surface area contributed by atoms with E-state index in [4.69, 9.17) is 9.15 Å². The average molecular weight is 509 g/mol. The van der Waals surface area contributed by atoms with Gasteiger partial charge in [0, 0.05) is 42.3 Å². The predicted molar refractivity (Wildman–Crippen MR) is 127 cm³/mol. The molecular weight excluding hydrogens is 488 g/mol. The van der Waals surface area contributed by atoms with Gasteiger partial charge in [0.25, 0.3) is 0 Å². The molecule has 0 fully saturated rings. The lowest BCUT2D eigenvalue weighted by Gasteiger charge is -2.06. The highest BCUT2D eigenvalue weighted by molar-refractivity contribution is 9.10. The third-order valence-electron chi connectivity index (χ3n) is 4.76. The van der Waals surface area contributed by atoms with E-state index >= 15 is 0 Å². The lowest BCUT2D eigenvalue weighted by atomic mass is 10.1. The largest absolute Gasteiger partial charge is 0.487 e. The maximum Gasteiger partial charge on any atom is 0.347 e. The summed E-state index contributed by atoms with van der Waals surface area (Å²) in [6.07, 6.45) is 4.73. The molecule has 0 radical (unpaired) electrons. The van der Waals surface area contributed by atoms with Gasteiger partial charge in [-0.1, -0.05) is 39.3 Å². The van der Waals surface area contributed by atoms with Crippen LogP contribution in [0.3, 0.4) is 0 Å². The van der Waals surface area contributed by atoms with Crippen LogP contribution < -0.4 is 10.4 Å². The van der Waals surface area contributed by atoms with Crippen LogP contribution in [0.15, 0.2) is 80.7 Å². The summed E-state index contributed by atoms with van der Waals surface area (Å²) >= 11 is 3.53. The van der Waals surface area contributed by atoms with E-state index in [1.165, 1.54) is 12.1 Å². The maximum absolute atomic E-state index is 12.3. The smallest absolute Gasteiger partial charge is 0.347 e. The van der Waals surface area contributed by atoms with Gasteiger partial charge in [0.2, 0.25) is 0 Å². The summed E-state index contributed by atoms with van der Waals surface area (Å²) in [7, 11) is 3.58. The minimum atomic E-state index is -0.692. The lowest BCUT2D eigenvalue weighted by molar-refractivity contribution is 0.104. The Morgan fingerprint density at radius 2 is 2.03 bits per heavy atom. The van der Waals surface area contributed by atoms with Crippen molar-refractivity contribution in [1.82, 2.24) is 19.9 Å². The monoisotopic (exact) mass is 508 g/mol. The Hall–Kier alpha value is -3.72. The summed E-state index contributed by atoms with van der Waals surface area (Å²) in [6.45, 7) is 0.790. The number of ether oxygens (including phenoxy) is 1. The summed E-state index contributed by atoms with van der Waals surface area (Å²) in [5.74, 6) is 0.0999. The minimum Gasteiger partial charge on any atom is -0.487 e. The van der Waals surface area contributed by atoms with Gasteiger partial charge in [0.15, 0.2) is 5.78 Å². The number of ketones is 1. The summed E-state index contributed by atoms with van der Waals surface area (Å²) in [5, 5.41) is 8.92. The SMILES string of the molecule is CN(C)/C=C/C(=O)c1cc2ccc(OCc3cn(Cc4ccccc4Br)nn3)cc2oc1=O. The lowest BCUT2D eigenvalue weighted by Crippen LogP contribution is -2.13. The fourth-order valence-corrected chi connectivity index (χ4v) is 3.51. The van der Waals surface area contributed by atoms with Crippen molar-refractivity contribution in [3.05, 3.63) is 98.7 Å². The van der Waals surface area contributed by atoms with E-state index in [0.717, 1.165) is 10.0 Å². The molecule has 2 aromatic carbocycles. The van der Waals surface area contributed by atoms with Crippen molar-refractivity contribution < 1.29 is 13.9 Å². The normalized spacial score (nSPS) is 11.2. The molecule has 8 nitrogen and oxygen atoms in total. The number of nitrogens with zero attached hydrogens (tertiary/aromatic N) is 4. The number of carbonyl (C=O) groups excluding carboxylic acids is 1. The molecule has 0 saturated carbocycles. The van der Waals surface area contributed by atoms with Crippen LogP contribution in [0.2, 0.25) is 0 Å². The third kappa shape index (κ3) is 5.56. The van der Waals surface area contributed by atoms with E-state index in [9.17, 15) is 9.59 Å². The van der Waals surface area contributed by atoms with Gasteiger partial charge in [0.05, 0.1) is 12.7 Å². The summed E-state index contributed by atoms with van der Waals surface area (Å²) in [5.41, 5.74) is 1.38. The average Bonchev–Trinajstić information content (AvgIpc) is 3.24. The molecule has 0 unspecified atom stereocenters. The van der Waals surface area contributed by atoms with E-state index in [1.807, 2.05) is 30.5 Å². The number of fused-ring (bicyclic) bond motifs is 1. The van der Waals surface area contributed by atoms with Crippen molar-refractivity contribution in [2.24, 2.45) is 0 Å². The summed E-state index contributed by atoms with van der Waals surface area (Å²) in [6, 6.07) is 14.6. The first-order chi connectivity index (χ1) is 15.9. The van der Waals surface area contributed by atoms with Gasteiger partial charge in [-0.2, -0.15) is 0 Å². The fourth-order valence-electron chi connectivity index (χ4n) is 3.10. The van der Waals surface area contributed by atoms with Gasteiger partial charge in [-0.15, -0.1) is 5.10 Å². The Kier molecular flexibility index (Phi) is 6.69. The van der Waals surface area contributed by atoms with Gasteiger partial charge in [0.1, 0.15) is 29.2 Å². The topological polar surface area (TPSA) is 90.5 Å². The quantitative estimate of drug-likeness (QED) is 0.201. The van der Waals surface area contributed by atoms with Gasteiger partial charge >= 0.3 is 5.63 Å². The van der Waals surface area contributed by atoms with E-state index in [-0.39, 0.29) is 12.2 Å². The maximum atomic E-state index is 12.3. The Bertz CT molecular complexity index is 1390. The molecule has 0 saturated heterocycles. The number of hydrogen-bond acceptors (Lipinski definition) is 7. The Balaban J connectivity index is 1.45. The van der Waals surface area contributed by atoms with E-state index in [2.05, 4.69) is 26.2 Å². The third-order valence-corrected chi connectivity index (χ3v) is 5.53. The zero-order valence-electron chi connectivity index (χ0n) is 18.1. The van der Waals surface area contributed by atoms with Crippen molar-refractivity contribution in [2.75, 3.05) is 14.1 Å². The van der Waals surface area contributed by atoms with Gasteiger partial charge in [-0.05, 0) is 29.8 Å². The standard InChI is InChI=1S/C24H21BrN4O4/c1-28(2)10-9-22(30)20-11-16-7-8-19(12-23(16)33-24(20)31)32-15-18-14-29(27-26-18)13-17-5-3-4-6-21(17)25/h3-12,14H,13,15H2,1-2H3/b10-9+. The molecule has 0 bridgehead atoms. The molecule has 0 aliphatic carbocycles. The van der Waals surface area contributed by atoms with Crippen LogP contribution >= 0.6 is 15.9 Å². The second-order valence-corrected chi connectivity index (χ2v) is 8.43. The number of halogens is 1. The van der Waals surface area contributed by atoms with E-state index in [1.54, 1.807) is 48.1 Å². The Morgan fingerprint density at radius 1 is 1.21 bits per heavy atom. The Labute approximate surface area is 198 Å². The van der Waals surface area contributed by atoms with Gasteiger partial charge < -0.3 is 14.1 Å². The number of allylic oxidation sites excluding steroid dienone is 1. The molecule has 0 amide bonds. The molecule has 9 heteroatoms. The highest BCUT2D eigenvalue weighted by atomic mass is 79.9. The number of carbonyl (C=O) groups is 1. The molecule has 0 spiro atoms. The molecule has 0 atom stereocenters. The van der Waals surface area contributed by atoms with Crippen LogP contribution in [-0.4, -0.2) is 39.8 Å². The first-order valence-electron chi connectivity index (χ1n) is 10.1. The fraction of sp³-hybridized carbons (Fsp3) is 0.167. The van der Waals surface area contributed by atoms with Crippen LogP contribution in [-0.2, 0) is 13.2 Å². The van der Waals surface area contributed by atoms with Gasteiger partial charge in [-0.25, -0.2) is 9.48 Å².